The Morgan fingerprint density at radius 3 is 2.91 bits per heavy atom. The smallest absolute Gasteiger partial charge is 0.267 e. The van der Waals surface area contributed by atoms with Crippen LogP contribution in [-0.4, -0.2) is 25.7 Å². The lowest BCUT2D eigenvalue weighted by molar-refractivity contribution is 0.103. The molecule has 0 bridgehead atoms. The lowest BCUT2D eigenvalue weighted by Crippen LogP contribution is -2.10. The number of carbonyl (C=O) groups excluding carboxylic acids is 1. The van der Waals surface area contributed by atoms with Crippen molar-refractivity contribution in [3.05, 3.63) is 46.7 Å². The van der Waals surface area contributed by atoms with E-state index in [4.69, 9.17) is 0 Å². The van der Waals surface area contributed by atoms with E-state index in [1.54, 1.807) is 12.5 Å². The zero-order valence-corrected chi connectivity index (χ0v) is 14.3. The minimum absolute atomic E-state index is 0.145. The molecule has 0 saturated heterocycles. The van der Waals surface area contributed by atoms with Gasteiger partial charge in [-0.3, -0.25) is 4.79 Å². The standard InChI is InChI=1S/C15H15N5OS2/c1-3-13-16-8-12(22-13)14(21)18-10-6-4-5-7-11(10)23-15-19-17-9-20(15)2/h4-9H,3H2,1-2H3,(H,18,21). The fraction of sp³-hybridized carbons (Fsp3) is 0.200. The van der Waals surface area contributed by atoms with Crippen LogP contribution in [0.1, 0.15) is 21.6 Å². The summed E-state index contributed by atoms with van der Waals surface area (Å²) in [4.78, 5) is 18.1. The molecule has 3 aromatic rings. The van der Waals surface area contributed by atoms with Gasteiger partial charge in [-0.15, -0.1) is 21.5 Å². The van der Waals surface area contributed by atoms with Crippen molar-refractivity contribution < 1.29 is 4.79 Å². The molecule has 0 atom stereocenters. The van der Waals surface area contributed by atoms with Crippen LogP contribution < -0.4 is 5.32 Å². The van der Waals surface area contributed by atoms with E-state index in [-0.39, 0.29) is 5.91 Å². The molecule has 8 heteroatoms. The Morgan fingerprint density at radius 1 is 1.39 bits per heavy atom. The first kappa shape index (κ1) is 15.7. The molecule has 1 N–H and O–H groups in total. The van der Waals surface area contributed by atoms with E-state index in [2.05, 4.69) is 20.5 Å². The number of anilines is 1. The predicted octanol–water partition coefficient (Wildman–Crippen LogP) is 3.24. The van der Waals surface area contributed by atoms with Crippen molar-refractivity contribution in [1.29, 1.82) is 0 Å². The summed E-state index contributed by atoms with van der Waals surface area (Å²) in [5.41, 5.74) is 0.747. The minimum atomic E-state index is -0.145. The third-order valence-electron chi connectivity index (χ3n) is 3.09. The van der Waals surface area contributed by atoms with Crippen molar-refractivity contribution in [2.24, 2.45) is 7.05 Å². The summed E-state index contributed by atoms with van der Waals surface area (Å²) in [6.07, 6.45) is 4.10. The third kappa shape index (κ3) is 3.59. The van der Waals surface area contributed by atoms with Crippen molar-refractivity contribution in [1.82, 2.24) is 19.7 Å². The van der Waals surface area contributed by atoms with Gasteiger partial charge in [0.05, 0.1) is 16.9 Å². The number of rotatable bonds is 5. The molecule has 0 aliphatic rings. The van der Waals surface area contributed by atoms with E-state index in [0.717, 1.165) is 27.2 Å². The van der Waals surface area contributed by atoms with Gasteiger partial charge < -0.3 is 9.88 Å². The number of nitrogens with one attached hydrogen (secondary N) is 1. The largest absolute Gasteiger partial charge is 0.320 e. The minimum Gasteiger partial charge on any atom is -0.320 e. The van der Waals surface area contributed by atoms with E-state index in [1.807, 2.05) is 42.8 Å². The van der Waals surface area contributed by atoms with Crippen LogP contribution in [0, 0.1) is 0 Å². The summed E-state index contributed by atoms with van der Waals surface area (Å²) in [6, 6.07) is 7.63. The molecule has 23 heavy (non-hydrogen) atoms. The van der Waals surface area contributed by atoms with Gasteiger partial charge >= 0.3 is 0 Å². The number of aromatic nitrogens is 4. The van der Waals surface area contributed by atoms with Crippen LogP contribution in [0.4, 0.5) is 5.69 Å². The summed E-state index contributed by atoms with van der Waals surface area (Å²) in [7, 11) is 1.88. The molecule has 0 saturated carbocycles. The highest BCUT2D eigenvalue weighted by Crippen LogP contribution is 2.32. The van der Waals surface area contributed by atoms with E-state index in [1.165, 1.54) is 23.1 Å². The quantitative estimate of drug-likeness (QED) is 0.768. The molecule has 3 rings (SSSR count). The zero-order valence-electron chi connectivity index (χ0n) is 12.7. The van der Waals surface area contributed by atoms with Crippen LogP contribution in [-0.2, 0) is 13.5 Å². The maximum absolute atomic E-state index is 12.4. The Labute approximate surface area is 142 Å². The highest BCUT2D eigenvalue weighted by atomic mass is 32.2. The monoisotopic (exact) mass is 345 g/mol. The Bertz CT molecular complexity index is 827. The third-order valence-corrected chi connectivity index (χ3v) is 5.35. The second-order valence-electron chi connectivity index (χ2n) is 4.75. The number of hydrogen-bond donors (Lipinski definition) is 1. The number of carbonyl (C=O) groups is 1. The van der Waals surface area contributed by atoms with Crippen LogP contribution in [0.15, 0.2) is 46.8 Å². The summed E-state index contributed by atoms with van der Waals surface area (Å²) in [6.45, 7) is 2.02. The molecule has 0 fully saturated rings. The molecule has 2 aromatic heterocycles. The van der Waals surface area contributed by atoms with Crippen LogP contribution in [0.2, 0.25) is 0 Å². The molecule has 0 spiro atoms. The number of hydrogen-bond acceptors (Lipinski definition) is 6. The molecule has 0 radical (unpaired) electrons. The number of thiazole rings is 1. The van der Waals surface area contributed by atoms with E-state index >= 15 is 0 Å². The van der Waals surface area contributed by atoms with Crippen molar-refractivity contribution in [2.75, 3.05) is 5.32 Å². The fourth-order valence-corrected chi connectivity index (χ4v) is 3.49. The maximum Gasteiger partial charge on any atom is 0.267 e. The average Bonchev–Trinajstić information content (AvgIpc) is 3.19. The number of benzene rings is 1. The fourth-order valence-electron chi connectivity index (χ4n) is 1.88. The maximum atomic E-state index is 12.4. The summed E-state index contributed by atoms with van der Waals surface area (Å²) in [5.74, 6) is -0.145. The van der Waals surface area contributed by atoms with Gasteiger partial charge in [-0.05, 0) is 30.3 Å². The van der Waals surface area contributed by atoms with E-state index in [9.17, 15) is 4.79 Å². The second-order valence-corrected chi connectivity index (χ2v) is 6.87. The lowest BCUT2D eigenvalue weighted by Gasteiger charge is -2.09. The normalized spacial score (nSPS) is 10.7. The summed E-state index contributed by atoms with van der Waals surface area (Å²) in [5, 5.41) is 12.6. The molecule has 6 nitrogen and oxygen atoms in total. The van der Waals surface area contributed by atoms with Crippen LogP contribution in [0.25, 0.3) is 0 Å². The van der Waals surface area contributed by atoms with Crippen molar-refractivity contribution >= 4 is 34.7 Å². The van der Waals surface area contributed by atoms with Gasteiger partial charge in [-0.25, -0.2) is 4.98 Å². The Kier molecular flexibility index (Phi) is 4.73. The summed E-state index contributed by atoms with van der Waals surface area (Å²) >= 11 is 2.87. The van der Waals surface area contributed by atoms with Gasteiger partial charge in [0.1, 0.15) is 11.2 Å². The molecule has 118 valence electrons. The molecule has 0 aliphatic heterocycles. The lowest BCUT2D eigenvalue weighted by atomic mass is 10.3. The molecule has 0 aliphatic carbocycles. The number of para-hydroxylation sites is 1. The van der Waals surface area contributed by atoms with Gasteiger partial charge in [0.25, 0.3) is 5.91 Å². The van der Waals surface area contributed by atoms with Gasteiger partial charge in [0, 0.05) is 11.9 Å². The van der Waals surface area contributed by atoms with Crippen LogP contribution in [0.5, 0.6) is 0 Å². The highest BCUT2D eigenvalue weighted by molar-refractivity contribution is 7.99. The summed E-state index contributed by atoms with van der Waals surface area (Å²) < 4.78 is 1.83. The van der Waals surface area contributed by atoms with Crippen molar-refractivity contribution in [3.63, 3.8) is 0 Å². The first-order valence-electron chi connectivity index (χ1n) is 7.04. The van der Waals surface area contributed by atoms with Gasteiger partial charge in [0.2, 0.25) is 0 Å². The highest BCUT2D eigenvalue weighted by Gasteiger charge is 2.14. The molecule has 2 heterocycles. The van der Waals surface area contributed by atoms with Crippen LogP contribution in [0.3, 0.4) is 0 Å². The first-order valence-corrected chi connectivity index (χ1v) is 8.67. The van der Waals surface area contributed by atoms with Gasteiger partial charge in [-0.2, -0.15) is 0 Å². The molecular weight excluding hydrogens is 330 g/mol. The molecule has 1 aromatic carbocycles. The second kappa shape index (κ2) is 6.93. The van der Waals surface area contributed by atoms with Gasteiger partial charge in [0.15, 0.2) is 5.16 Å². The Balaban J connectivity index is 1.80. The van der Waals surface area contributed by atoms with E-state index in [0.29, 0.717) is 4.88 Å². The zero-order chi connectivity index (χ0) is 16.2. The molecule has 1 amide bonds. The number of nitrogens with zero attached hydrogens (tertiary/aromatic N) is 4. The Hall–Kier alpha value is -2.19. The van der Waals surface area contributed by atoms with Crippen molar-refractivity contribution in [2.45, 2.75) is 23.4 Å². The molecule has 0 unspecified atom stereocenters. The van der Waals surface area contributed by atoms with Gasteiger partial charge in [-0.1, -0.05) is 19.1 Å². The predicted molar refractivity (Wildman–Crippen MR) is 91.0 cm³/mol. The first-order chi connectivity index (χ1) is 11.2. The SMILES string of the molecule is CCc1ncc(C(=O)Nc2ccccc2Sc2nncn2C)s1. The van der Waals surface area contributed by atoms with Crippen molar-refractivity contribution in [3.8, 4) is 0 Å². The van der Waals surface area contributed by atoms with E-state index < -0.39 is 0 Å². The Morgan fingerprint density at radius 2 is 2.22 bits per heavy atom. The molecular formula is C15H15N5OS2. The average molecular weight is 345 g/mol. The topological polar surface area (TPSA) is 72.7 Å². The number of aryl methyl sites for hydroxylation is 2. The number of amides is 1. The van der Waals surface area contributed by atoms with Crippen LogP contribution >= 0.6 is 23.1 Å².